The molecule has 2 rings (SSSR count). The van der Waals surface area contributed by atoms with Crippen LogP contribution in [0.4, 0.5) is 5.69 Å². The Hall–Kier alpha value is -1.95. The Morgan fingerprint density at radius 2 is 1.46 bits per heavy atom. The second kappa shape index (κ2) is 10.6. The Bertz CT molecular complexity index is 806. The quantitative estimate of drug-likeness (QED) is 0.427. The zero-order chi connectivity index (χ0) is 20.7. The molecule has 0 aromatic heterocycles. The predicted octanol–water partition coefficient (Wildman–Crippen LogP) is 5.54. The van der Waals surface area contributed by atoms with Gasteiger partial charge in [0.1, 0.15) is 0 Å². The number of esters is 2. The summed E-state index contributed by atoms with van der Waals surface area (Å²) in [7, 11) is 0. The van der Waals surface area contributed by atoms with Crippen molar-refractivity contribution >= 4 is 52.4 Å². The summed E-state index contributed by atoms with van der Waals surface area (Å²) >= 11 is 18.8. The number of anilines is 1. The molecule has 28 heavy (non-hydrogen) atoms. The number of halogens is 3. The minimum Gasteiger partial charge on any atom is -0.465 e. The molecule has 5 nitrogen and oxygen atoms in total. The van der Waals surface area contributed by atoms with Gasteiger partial charge in [-0.05, 0) is 44.2 Å². The van der Waals surface area contributed by atoms with Crippen LogP contribution >= 0.6 is 34.8 Å². The van der Waals surface area contributed by atoms with Crippen molar-refractivity contribution in [2.45, 2.75) is 19.9 Å². The van der Waals surface area contributed by atoms with Gasteiger partial charge in [0.05, 0.1) is 19.3 Å². The third-order valence-electron chi connectivity index (χ3n) is 3.87. The Balaban J connectivity index is 2.59. The van der Waals surface area contributed by atoms with Crippen LogP contribution in [0.15, 0.2) is 42.5 Å². The molecule has 1 unspecified atom stereocenters. The Morgan fingerprint density at radius 1 is 0.929 bits per heavy atom. The highest BCUT2D eigenvalue weighted by Crippen LogP contribution is 2.38. The average molecular weight is 445 g/mol. The maximum absolute atomic E-state index is 12.7. The van der Waals surface area contributed by atoms with E-state index in [1.807, 2.05) is 0 Å². The van der Waals surface area contributed by atoms with Crippen molar-refractivity contribution < 1.29 is 19.1 Å². The Morgan fingerprint density at radius 3 is 1.96 bits per heavy atom. The first kappa shape index (κ1) is 22.3. The summed E-state index contributed by atoms with van der Waals surface area (Å²) in [5.74, 6) is -2.80. The summed E-state index contributed by atoms with van der Waals surface area (Å²) in [4.78, 5) is 25.4. The van der Waals surface area contributed by atoms with E-state index in [0.717, 1.165) is 0 Å². The number of hydrogen-bond acceptors (Lipinski definition) is 5. The number of ether oxygens (including phenoxy) is 2. The number of hydrogen-bond donors (Lipinski definition) is 1. The van der Waals surface area contributed by atoms with Crippen molar-refractivity contribution in [2.75, 3.05) is 18.5 Å². The average Bonchev–Trinajstić information content (AvgIpc) is 2.62. The molecule has 8 heteroatoms. The summed E-state index contributed by atoms with van der Waals surface area (Å²) in [6.45, 7) is 3.52. The van der Waals surface area contributed by atoms with Gasteiger partial charge in [-0.1, -0.05) is 46.9 Å². The number of nitrogens with one attached hydrogen (secondary N) is 1. The van der Waals surface area contributed by atoms with Crippen molar-refractivity contribution in [1.82, 2.24) is 0 Å². The minimum absolute atomic E-state index is 0.106. The molecule has 0 aliphatic heterocycles. The van der Waals surface area contributed by atoms with Crippen LogP contribution in [0.1, 0.15) is 25.5 Å². The van der Waals surface area contributed by atoms with Crippen molar-refractivity contribution in [3.63, 3.8) is 0 Å². The van der Waals surface area contributed by atoms with E-state index >= 15 is 0 Å². The van der Waals surface area contributed by atoms with Gasteiger partial charge in [-0.2, -0.15) is 0 Å². The number of benzene rings is 2. The first-order valence-electron chi connectivity index (χ1n) is 8.68. The molecule has 0 spiro atoms. The molecule has 1 N–H and O–H groups in total. The van der Waals surface area contributed by atoms with Gasteiger partial charge >= 0.3 is 11.9 Å². The summed E-state index contributed by atoms with van der Waals surface area (Å²) < 4.78 is 10.2. The van der Waals surface area contributed by atoms with Gasteiger partial charge in [-0.15, -0.1) is 0 Å². The molecule has 2 aromatic rings. The van der Waals surface area contributed by atoms with Crippen molar-refractivity contribution in [3.8, 4) is 0 Å². The summed E-state index contributed by atoms with van der Waals surface area (Å²) in [6, 6.07) is 10.8. The lowest BCUT2D eigenvalue weighted by Gasteiger charge is -2.28. The second-order valence-corrected chi connectivity index (χ2v) is 7.00. The topological polar surface area (TPSA) is 64.6 Å². The second-order valence-electron chi connectivity index (χ2n) is 5.75. The fourth-order valence-electron chi connectivity index (χ4n) is 2.72. The molecule has 0 saturated heterocycles. The standard InChI is InChI=1S/C20H20Cl3NO4/c1-3-27-19(25)17(20(26)28-4-2)18(16-14(22)9-6-10-15(16)23)24-13-8-5-7-12(21)11-13/h5-11,17-18,24H,3-4H2,1-2H3. The fraction of sp³-hybridized carbons (Fsp3) is 0.300. The van der Waals surface area contributed by atoms with Gasteiger partial charge in [0, 0.05) is 26.3 Å². The third kappa shape index (κ3) is 5.53. The Kier molecular flexibility index (Phi) is 8.42. The van der Waals surface area contributed by atoms with E-state index in [0.29, 0.717) is 26.3 Å². The lowest BCUT2D eigenvalue weighted by Crippen LogP contribution is -2.37. The molecule has 0 amide bonds. The summed E-state index contributed by atoms with van der Waals surface area (Å²) in [5.41, 5.74) is 0.962. The van der Waals surface area contributed by atoms with E-state index < -0.39 is 23.9 Å². The first-order valence-corrected chi connectivity index (χ1v) is 9.81. The zero-order valence-electron chi connectivity index (χ0n) is 15.4. The molecule has 0 saturated carbocycles. The fourth-order valence-corrected chi connectivity index (χ4v) is 3.54. The minimum atomic E-state index is -1.32. The third-order valence-corrected chi connectivity index (χ3v) is 4.77. The highest BCUT2D eigenvalue weighted by Gasteiger charge is 2.40. The van der Waals surface area contributed by atoms with Crippen LogP contribution in [0, 0.1) is 5.92 Å². The lowest BCUT2D eigenvalue weighted by molar-refractivity contribution is -0.162. The van der Waals surface area contributed by atoms with Gasteiger partial charge in [0.15, 0.2) is 5.92 Å². The highest BCUT2D eigenvalue weighted by molar-refractivity contribution is 6.36. The van der Waals surface area contributed by atoms with Crippen LogP contribution in [0.2, 0.25) is 15.1 Å². The van der Waals surface area contributed by atoms with Gasteiger partial charge in [-0.3, -0.25) is 9.59 Å². The van der Waals surface area contributed by atoms with Gasteiger partial charge in [0.25, 0.3) is 0 Å². The van der Waals surface area contributed by atoms with Crippen molar-refractivity contribution in [1.29, 1.82) is 0 Å². The van der Waals surface area contributed by atoms with Gasteiger partial charge in [0.2, 0.25) is 0 Å². The van der Waals surface area contributed by atoms with E-state index in [1.54, 1.807) is 56.3 Å². The zero-order valence-corrected chi connectivity index (χ0v) is 17.6. The molecule has 2 aromatic carbocycles. The first-order chi connectivity index (χ1) is 13.4. The molecule has 150 valence electrons. The van der Waals surface area contributed by atoms with Crippen LogP contribution in [0.3, 0.4) is 0 Å². The molecule has 0 bridgehead atoms. The molecule has 0 aliphatic carbocycles. The maximum Gasteiger partial charge on any atom is 0.322 e. The number of rotatable bonds is 8. The highest BCUT2D eigenvalue weighted by atomic mass is 35.5. The smallest absolute Gasteiger partial charge is 0.322 e. The summed E-state index contributed by atoms with van der Waals surface area (Å²) in [5, 5.41) is 4.22. The van der Waals surface area contributed by atoms with Crippen molar-refractivity contribution in [3.05, 3.63) is 63.1 Å². The molecule has 0 radical (unpaired) electrons. The number of carbonyl (C=O) groups is 2. The summed E-state index contributed by atoms with van der Waals surface area (Å²) in [6.07, 6.45) is 0. The van der Waals surface area contributed by atoms with Crippen molar-refractivity contribution in [2.24, 2.45) is 5.92 Å². The van der Waals surface area contributed by atoms with Crippen LogP contribution in [0.25, 0.3) is 0 Å². The molecule has 0 fully saturated rings. The number of carbonyl (C=O) groups excluding carboxylic acids is 2. The van der Waals surface area contributed by atoms with Crippen LogP contribution < -0.4 is 5.32 Å². The molecule has 1 atom stereocenters. The SMILES string of the molecule is CCOC(=O)C(C(=O)OCC)C(Nc1cccc(Cl)c1)c1c(Cl)cccc1Cl. The molecule has 0 heterocycles. The van der Waals surface area contributed by atoms with E-state index in [-0.39, 0.29) is 13.2 Å². The van der Waals surface area contributed by atoms with Gasteiger partial charge < -0.3 is 14.8 Å². The Labute approximate surface area is 178 Å². The normalized spacial score (nSPS) is 11.8. The lowest BCUT2D eigenvalue weighted by atomic mass is 9.92. The van der Waals surface area contributed by atoms with Gasteiger partial charge in [-0.25, -0.2) is 0 Å². The maximum atomic E-state index is 12.7. The van der Waals surface area contributed by atoms with E-state index in [9.17, 15) is 9.59 Å². The molecular weight excluding hydrogens is 425 g/mol. The van der Waals surface area contributed by atoms with Crippen LogP contribution in [-0.4, -0.2) is 25.2 Å². The largest absolute Gasteiger partial charge is 0.465 e. The van der Waals surface area contributed by atoms with E-state index in [1.165, 1.54) is 0 Å². The van der Waals surface area contributed by atoms with Crippen LogP contribution in [-0.2, 0) is 19.1 Å². The van der Waals surface area contributed by atoms with E-state index in [2.05, 4.69) is 5.32 Å². The van der Waals surface area contributed by atoms with E-state index in [4.69, 9.17) is 44.3 Å². The predicted molar refractivity (Wildman–Crippen MR) is 111 cm³/mol. The molecule has 0 aliphatic rings. The van der Waals surface area contributed by atoms with Crippen LogP contribution in [0.5, 0.6) is 0 Å². The molecular formula is C20H20Cl3NO4. The monoisotopic (exact) mass is 443 g/mol.